The fourth-order valence-electron chi connectivity index (χ4n) is 3.17. The van der Waals surface area contributed by atoms with Crippen molar-refractivity contribution >= 4 is 41.3 Å². The molecule has 180 valence electrons. The van der Waals surface area contributed by atoms with Crippen molar-refractivity contribution in [3.05, 3.63) is 70.5 Å². The lowest BCUT2D eigenvalue weighted by molar-refractivity contribution is -0.132. The van der Waals surface area contributed by atoms with E-state index in [-0.39, 0.29) is 25.8 Å². The van der Waals surface area contributed by atoms with Crippen LogP contribution in [0.25, 0.3) is 0 Å². The number of Topliss-reactive ketones (excluding diaryl/α,β-unsaturated/α-hetero) is 1. The van der Waals surface area contributed by atoms with Gasteiger partial charge in [-0.15, -0.1) is 0 Å². The fourth-order valence-corrected chi connectivity index (χ4v) is 3.29. The van der Waals surface area contributed by atoms with Gasteiger partial charge in [0.1, 0.15) is 17.9 Å². The summed E-state index contributed by atoms with van der Waals surface area (Å²) in [5.41, 5.74) is 1.26. The second-order valence-corrected chi connectivity index (χ2v) is 8.08. The minimum atomic E-state index is -1.09. The van der Waals surface area contributed by atoms with Gasteiger partial charge >= 0.3 is 0 Å². The highest BCUT2D eigenvalue weighted by Crippen LogP contribution is 2.10. The fraction of sp³-hybridized carbons (Fsp3) is 0.292. The van der Waals surface area contributed by atoms with Gasteiger partial charge in [0.05, 0.1) is 6.21 Å². The number of rotatable bonds is 12. The average Bonchev–Trinajstić information content (AvgIpc) is 2.80. The number of hydrogen-bond acceptors (Lipinski definition) is 5. The first-order chi connectivity index (χ1) is 16.2. The molecule has 4 N–H and O–H groups in total. The number of nitrogens with one attached hydrogen (secondary N) is 4. The number of benzene rings is 2. The maximum Gasteiger partial charge on any atom is 0.243 e. The van der Waals surface area contributed by atoms with Crippen molar-refractivity contribution < 1.29 is 23.6 Å². The van der Waals surface area contributed by atoms with Gasteiger partial charge in [0.25, 0.3) is 0 Å². The molecule has 0 aromatic heterocycles. The molecule has 3 amide bonds. The number of halogens is 2. The summed E-state index contributed by atoms with van der Waals surface area (Å²) in [7, 11) is 0. The Morgan fingerprint density at radius 1 is 1.00 bits per heavy atom. The van der Waals surface area contributed by atoms with E-state index in [2.05, 4.69) is 16.0 Å². The highest BCUT2D eigenvalue weighted by Gasteiger charge is 2.27. The topological polar surface area (TPSA) is 128 Å². The standard InChI is InChI=1S/C24H26ClFN4O4/c1-15(31)29-22(12-17-3-2-4-19(26)11-17)24(34)30-21(10-9-20(32)13-27)23(33)28-14-16-5-7-18(25)8-6-16/h2-8,11,13,21-22,27H,9-10,12,14H2,1H3,(H,28,33)(H,29,31)(H,30,34)/t21-,22-/m0/s1. The second kappa shape index (κ2) is 13.2. The molecule has 2 aromatic rings. The zero-order chi connectivity index (χ0) is 25.1. The molecule has 8 nitrogen and oxygen atoms in total. The first kappa shape index (κ1) is 26.7. The van der Waals surface area contributed by atoms with E-state index in [1.807, 2.05) is 0 Å². The van der Waals surface area contributed by atoms with Crippen molar-refractivity contribution in [2.45, 2.75) is 44.8 Å². The first-order valence-corrected chi connectivity index (χ1v) is 10.9. The Bertz CT molecular complexity index is 1050. The SMILES string of the molecule is CC(=O)N[C@@H](Cc1cccc(F)c1)C(=O)N[C@@H](CCC(=O)C=N)C(=O)NCc1ccc(Cl)cc1. The maximum absolute atomic E-state index is 13.6. The number of hydrogen-bond donors (Lipinski definition) is 4. The Morgan fingerprint density at radius 2 is 1.71 bits per heavy atom. The number of carbonyl (C=O) groups excluding carboxylic acids is 4. The van der Waals surface area contributed by atoms with Gasteiger partial charge in [-0.3, -0.25) is 19.2 Å². The van der Waals surface area contributed by atoms with Crippen molar-refractivity contribution in [2.24, 2.45) is 0 Å². The quantitative estimate of drug-likeness (QED) is 0.342. The van der Waals surface area contributed by atoms with E-state index in [1.165, 1.54) is 25.1 Å². The highest BCUT2D eigenvalue weighted by atomic mass is 35.5. The van der Waals surface area contributed by atoms with Crippen LogP contribution in [-0.4, -0.2) is 41.8 Å². The lowest BCUT2D eigenvalue weighted by Gasteiger charge is -2.23. The molecule has 2 rings (SSSR count). The van der Waals surface area contributed by atoms with Gasteiger partial charge in [-0.05, 0) is 41.8 Å². The molecule has 2 atom stereocenters. The third-order valence-corrected chi connectivity index (χ3v) is 5.13. The molecule has 10 heteroatoms. The summed E-state index contributed by atoms with van der Waals surface area (Å²) in [5.74, 6) is -2.65. The molecule has 0 bridgehead atoms. The molecule has 0 saturated carbocycles. The molecule has 0 unspecified atom stereocenters. The van der Waals surface area contributed by atoms with Crippen LogP contribution in [0.1, 0.15) is 30.9 Å². The minimum absolute atomic E-state index is 0.00170. The van der Waals surface area contributed by atoms with Crippen molar-refractivity contribution in [1.29, 1.82) is 5.41 Å². The van der Waals surface area contributed by atoms with Crippen LogP contribution in [0.5, 0.6) is 0 Å². The Labute approximate surface area is 201 Å². The smallest absolute Gasteiger partial charge is 0.243 e. The Hall–Kier alpha value is -3.59. The Kier molecular flexibility index (Phi) is 10.3. The van der Waals surface area contributed by atoms with E-state index < -0.39 is 41.4 Å². The summed E-state index contributed by atoms with van der Waals surface area (Å²) in [6, 6.07) is 10.3. The van der Waals surface area contributed by atoms with Crippen molar-refractivity contribution in [3.63, 3.8) is 0 Å². The van der Waals surface area contributed by atoms with Crippen LogP contribution in [0, 0.1) is 11.2 Å². The molecule has 0 saturated heterocycles. The lowest BCUT2D eigenvalue weighted by Crippen LogP contribution is -2.54. The molecule has 0 radical (unpaired) electrons. The summed E-state index contributed by atoms with van der Waals surface area (Å²) in [6.45, 7) is 1.41. The van der Waals surface area contributed by atoms with E-state index in [0.717, 1.165) is 5.56 Å². The van der Waals surface area contributed by atoms with Crippen molar-refractivity contribution in [1.82, 2.24) is 16.0 Å². The van der Waals surface area contributed by atoms with Crippen LogP contribution < -0.4 is 16.0 Å². The zero-order valence-corrected chi connectivity index (χ0v) is 19.3. The summed E-state index contributed by atoms with van der Waals surface area (Å²) in [4.78, 5) is 49.0. The molecule has 0 heterocycles. The van der Waals surface area contributed by atoms with Crippen LogP contribution in [0.4, 0.5) is 4.39 Å². The monoisotopic (exact) mass is 488 g/mol. The molecule has 0 aliphatic heterocycles. The van der Waals surface area contributed by atoms with Gasteiger partial charge in [-0.1, -0.05) is 35.9 Å². The van der Waals surface area contributed by atoms with E-state index in [1.54, 1.807) is 30.3 Å². The second-order valence-electron chi connectivity index (χ2n) is 7.64. The van der Waals surface area contributed by atoms with Gasteiger partial charge in [-0.2, -0.15) is 0 Å². The lowest BCUT2D eigenvalue weighted by atomic mass is 10.0. The average molecular weight is 489 g/mol. The van der Waals surface area contributed by atoms with E-state index in [4.69, 9.17) is 17.0 Å². The Morgan fingerprint density at radius 3 is 2.32 bits per heavy atom. The largest absolute Gasteiger partial charge is 0.350 e. The molecular formula is C24H26ClFN4O4. The van der Waals surface area contributed by atoms with Gasteiger partial charge in [0, 0.05) is 31.3 Å². The summed E-state index contributed by atoms with van der Waals surface area (Å²) >= 11 is 5.86. The predicted octanol–water partition coefficient (Wildman–Crippen LogP) is 2.33. The van der Waals surface area contributed by atoms with E-state index in [9.17, 15) is 23.6 Å². The molecule has 0 aliphatic carbocycles. The number of carbonyl (C=O) groups is 4. The van der Waals surface area contributed by atoms with Gasteiger partial charge in [0.2, 0.25) is 17.7 Å². The van der Waals surface area contributed by atoms with E-state index >= 15 is 0 Å². The summed E-state index contributed by atoms with van der Waals surface area (Å²) in [5, 5.41) is 15.4. The minimum Gasteiger partial charge on any atom is -0.350 e. The molecule has 0 aliphatic rings. The molecule has 0 spiro atoms. The van der Waals surface area contributed by atoms with Crippen molar-refractivity contribution in [3.8, 4) is 0 Å². The third kappa shape index (κ3) is 9.11. The summed E-state index contributed by atoms with van der Waals surface area (Å²) < 4.78 is 13.6. The zero-order valence-electron chi connectivity index (χ0n) is 18.6. The van der Waals surface area contributed by atoms with Crippen molar-refractivity contribution in [2.75, 3.05) is 0 Å². The van der Waals surface area contributed by atoms with Crippen LogP contribution in [0.3, 0.4) is 0 Å². The molecule has 0 fully saturated rings. The predicted molar refractivity (Wildman–Crippen MR) is 126 cm³/mol. The van der Waals surface area contributed by atoms with Crippen LogP contribution in [0.15, 0.2) is 48.5 Å². The summed E-state index contributed by atoms with van der Waals surface area (Å²) in [6.07, 6.45) is 0.479. The van der Waals surface area contributed by atoms with E-state index in [0.29, 0.717) is 16.8 Å². The maximum atomic E-state index is 13.6. The third-order valence-electron chi connectivity index (χ3n) is 4.88. The highest BCUT2D eigenvalue weighted by molar-refractivity contribution is 6.30. The molecule has 2 aromatic carbocycles. The van der Waals surface area contributed by atoms with Crippen LogP contribution >= 0.6 is 11.6 Å². The number of ketones is 1. The van der Waals surface area contributed by atoms with Crippen LogP contribution in [-0.2, 0) is 32.1 Å². The Balaban J connectivity index is 2.13. The van der Waals surface area contributed by atoms with Gasteiger partial charge < -0.3 is 21.4 Å². The molecular weight excluding hydrogens is 463 g/mol. The van der Waals surface area contributed by atoms with Gasteiger partial charge in [-0.25, -0.2) is 4.39 Å². The number of amides is 3. The first-order valence-electron chi connectivity index (χ1n) is 10.5. The van der Waals surface area contributed by atoms with Crippen LogP contribution in [0.2, 0.25) is 5.02 Å². The molecule has 34 heavy (non-hydrogen) atoms. The van der Waals surface area contributed by atoms with Gasteiger partial charge in [0.15, 0.2) is 5.78 Å². The normalized spacial score (nSPS) is 12.2.